The molecule has 3 aliphatic rings. The molecule has 3 fully saturated rings. The van der Waals surface area contributed by atoms with E-state index in [1.54, 1.807) is 6.07 Å². The third-order valence-electron chi connectivity index (χ3n) is 6.41. The van der Waals surface area contributed by atoms with E-state index in [1.165, 1.54) is 56.2 Å². The summed E-state index contributed by atoms with van der Waals surface area (Å²) in [4.78, 5) is 2.38. The Morgan fingerprint density at radius 1 is 1.10 bits per heavy atom. The van der Waals surface area contributed by atoms with Crippen LogP contribution in [0.4, 0.5) is 5.82 Å². The smallest absolute Gasteiger partial charge is 0.152 e. The van der Waals surface area contributed by atoms with Crippen LogP contribution in [0.25, 0.3) is 11.3 Å². The summed E-state index contributed by atoms with van der Waals surface area (Å²) in [6.07, 6.45) is 12.7. The van der Waals surface area contributed by atoms with Crippen molar-refractivity contribution in [1.29, 1.82) is 0 Å². The van der Waals surface area contributed by atoms with E-state index in [2.05, 4.69) is 33.4 Å². The number of likely N-dealkylation sites (tertiary alicyclic amines) is 1. The predicted molar refractivity (Wildman–Crippen MR) is 115 cm³/mol. The van der Waals surface area contributed by atoms with Crippen molar-refractivity contribution >= 4 is 5.82 Å². The van der Waals surface area contributed by atoms with Gasteiger partial charge in [-0.25, -0.2) is 0 Å². The molecule has 0 bridgehead atoms. The van der Waals surface area contributed by atoms with Crippen LogP contribution in [0.2, 0.25) is 0 Å². The Morgan fingerprint density at radius 3 is 2.52 bits per heavy atom. The fourth-order valence-electron chi connectivity index (χ4n) is 4.64. The van der Waals surface area contributed by atoms with E-state index in [1.807, 2.05) is 12.1 Å². The number of terminal acetylenes is 1. The fourth-order valence-corrected chi connectivity index (χ4v) is 4.64. The summed E-state index contributed by atoms with van der Waals surface area (Å²) in [6.45, 7) is 2.21. The minimum absolute atomic E-state index is 0.188. The Bertz CT molecular complexity index is 972. The van der Waals surface area contributed by atoms with Crippen LogP contribution in [0.3, 0.4) is 0 Å². The maximum atomic E-state index is 10.6. The van der Waals surface area contributed by atoms with Crippen molar-refractivity contribution in [2.45, 2.75) is 56.4 Å². The summed E-state index contributed by atoms with van der Waals surface area (Å²) in [5, 5.41) is 23.7. The highest BCUT2D eigenvalue weighted by molar-refractivity contribution is 5.75. The van der Waals surface area contributed by atoms with E-state index < -0.39 is 0 Å². The molecule has 2 aromatic rings. The second-order valence-corrected chi connectivity index (χ2v) is 8.90. The average Bonchev–Trinajstić information content (AvgIpc) is 3.61. The topological polar surface area (TPSA) is 61.3 Å². The summed E-state index contributed by atoms with van der Waals surface area (Å²) >= 11 is 0. The first kappa shape index (κ1) is 18.4. The molecule has 2 N–H and O–H groups in total. The molecule has 1 saturated heterocycles. The number of phenols is 1. The average molecular weight is 389 g/mol. The maximum Gasteiger partial charge on any atom is 0.152 e. The molecule has 29 heavy (non-hydrogen) atoms. The molecule has 0 amide bonds. The molecular formula is C24H28N4O. The lowest BCUT2D eigenvalue weighted by Gasteiger charge is -2.31. The largest absolute Gasteiger partial charge is 0.507 e. The van der Waals surface area contributed by atoms with Crippen molar-refractivity contribution in [3.63, 3.8) is 0 Å². The SMILES string of the molecule is C#Cc1ccc(-c2nnc(N[C@@H]3CCCN(C)C3)c(C3CC3)c2C2CC2)c(O)c1. The summed E-state index contributed by atoms with van der Waals surface area (Å²) < 4.78 is 0. The van der Waals surface area contributed by atoms with Gasteiger partial charge in [-0.2, -0.15) is 0 Å². The van der Waals surface area contributed by atoms with Gasteiger partial charge in [0.15, 0.2) is 5.82 Å². The number of anilines is 1. The zero-order valence-corrected chi connectivity index (χ0v) is 17.0. The minimum atomic E-state index is 0.188. The standard InChI is InChI=1S/C24H28N4O/c1-3-15-6-11-19(20(29)13-15)23-21(16-7-8-16)22(17-9-10-17)24(27-26-23)25-18-5-4-12-28(2)14-18/h1,6,11,13,16-18,29H,4-5,7-10,12,14H2,2H3,(H,25,27)/t18-/m1/s1. The Hall–Kier alpha value is -2.58. The molecule has 5 rings (SSSR count). The van der Waals surface area contributed by atoms with Crippen LogP contribution in [0, 0.1) is 12.3 Å². The molecule has 0 spiro atoms. The van der Waals surface area contributed by atoms with Gasteiger partial charge < -0.3 is 15.3 Å². The van der Waals surface area contributed by atoms with Gasteiger partial charge >= 0.3 is 0 Å². The zero-order valence-electron chi connectivity index (χ0n) is 17.0. The zero-order chi connectivity index (χ0) is 20.0. The number of aromatic nitrogens is 2. The number of hydrogen-bond acceptors (Lipinski definition) is 5. The van der Waals surface area contributed by atoms with Crippen LogP contribution in [0.5, 0.6) is 5.75 Å². The van der Waals surface area contributed by atoms with E-state index in [4.69, 9.17) is 6.42 Å². The Balaban J connectivity index is 1.57. The molecule has 0 radical (unpaired) electrons. The molecule has 1 atom stereocenters. The molecule has 5 heteroatoms. The number of hydrogen-bond donors (Lipinski definition) is 2. The van der Waals surface area contributed by atoms with Gasteiger partial charge in [-0.1, -0.05) is 5.92 Å². The molecule has 1 aromatic heterocycles. The summed E-state index contributed by atoms with van der Waals surface area (Å²) in [6, 6.07) is 5.82. The molecule has 2 saturated carbocycles. The molecular weight excluding hydrogens is 360 g/mol. The van der Waals surface area contributed by atoms with Crippen molar-refractivity contribution < 1.29 is 5.11 Å². The number of benzene rings is 1. The molecule has 2 heterocycles. The number of nitrogens with one attached hydrogen (secondary N) is 1. The van der Waals surface area contributed by atoms with E-state index in [9.17, 15) is 5.11 Å². The highest BCUT2D eigenvalue weighted by Crippen LogP contribution is 2.54. The summed E-state index contributed by atoms with van der Waals surface area (Å²) in [7, 11) is 2.18. The van der Waals surface area contributed by atoms with Gasteiger partial charge in [0, 0.05) is 29.3 Å². The normalized spacial score (nSPS) is 22.3. The van der Waals surface area contributed by atoms with E-state index in [0.29, 0.717) is 23.4 Å². The number of rotatable bonds is 5. The Morgan fingerprint density at radius 2 is 1.86 bits per heavy atom. The van der Waals surface area contributed by atoms with Gasteiger partial charge in [0.1, 0.15) is 11.4 Å². The molecule has 0 unspecified atom stereocenters. The molecule has 150 valence electrons. The van der Waals surface area contributed by atoms with Crippen LogP contribution in [0.1, 0.15) is 67.1 Å². The first-order valence-electron chi connectivity index (χ1n) is 10.8. The number of nitrogens with zero attached hydrogens (tertiary/aromatic N) is 3. The van der Waals surface area contributed by atoms with E-state index in [-0.39, 0.29) is 5.75 Å². The van der Waals surface area contributed by atoms with Crippen molar-refractivity contribution in [1.82, 2.24) is 15.1 Å². The second-order valence-electron chi connectivity index (χ2n) is 8.90. The highest BCUT2D eigenvalue weighted by atomic mass is 16.3. The summed E-state index contributed by atoms with van der Waals surface area (Å²) in [5.74, 6) is 4.83. The van der Waals surface area contributed by atoms with E-state index >= 15 is 0 Å². The van der Waals surface area contributed by atoms with Gasteiger partial charge in [-0.3, -0.25) is 0 Å². The second kappa shape index (κ2) is 7.35. The lowest BCUT2D eigenvalue weighted by atomic mass is 9.94. The number of piperidine rings is 1. The number of aromatic hydroxyl groups is 1. The Kier molecular flexibility index (Phi) is 4.67. The van der Waals surface area contributed by atoms with Crippen LogP contribution in [0.15, 0.2) is 18.2 Å². The first-order chi connectivity index (χ1) is 14.1. The van der Waals surface area contributed by atoms with Gasteiger partial charge in [-0.15, -0.1) is 16.6 Å². The maximum absolute atomic E-state index is 10.6. The van der Waals surface area contributed by atoms with Gasteiger partial charge in [0.05, 0.1) is 0 Å². The highest BCUT2D eigenvalue weighted by Gasteiger charge is 2.38. The molecule has 2 aliphatic carbocycles. The predicted octanol–water partition coefficient (Wildman–Crippen LogP) is 4.09. The fraction of sp³-hybridized carbons (Fsp3) is 0.500. The number of phenolic OH excluding ortho intramolecular Hbond substituents is 1. The molecule has 1 aromatic carbocycles. The third kappa shape index (κ3) is 3.70. The van der Waals surface area contributed by atoms with Crippen LogP contribution in [-0.4, -0.2) is 46.4 Å². The summed E-state index contributed by atoms with van der Waals surface area (Å²) in [5.41, 5.74) is 4.91. The van der Waals surface area contributed by atoms with Crippen molar-refractivity contribution in [3.8, 4) is 29.4 Å². The Labute approximate surface area is 172 Å². The van der Waals surface area contributed by atoms with Gasteiger partial charge in [0.2, 0.25) is 0 Å². The first-order valence-corrected chi connectivity index (χ1v) is 10.8. The van der Waals surface area contributed by atoms with Crippen LogP contribution >= 0.6 is 0 Å². The van der Waals surface area contributed by atoms with Crippen LogP contribution in [-0.2, 0) is 0 Å². The van der Waals surface area contributed by atoms with E-state index in [0.717, 1.165) is 23.6 Å². The lowest BCUT2D eigenvalue weighted by molar-refractivity contribution is 0.260. The minimum Gasteiger partial charge on any atom is -0.507 e. The number of likely N-dealkylation sites (N-methyl/N-ethyl adjacent to an activating group) is 1. The molecule has 5 nitrogen and oxygen atoms in total. The van der Waals surface area contributed by atoms with Gasteiger partial charge in [-0.05, 0) is 87.7 Å². The van der Waals surface area contributed by atoms with Crippen LogP contribution < -0.4 is 5.32 Å². The third-order valence-corrected chi connectivity index (χ3v) is 6.41. The molecule has 1 aliphatic heterocycles. The van der Waals surface area contributed by atoms with Crippen molar-refractivity contribution in [2.75, 3.05) is 25.5 Å². The quantitative estimate of drug-likeness (QED) is 0.756. The lowest BCUT2D eigenvalue weighted by Crippen LogP contribution is -2.40. The van der Waals surface area contributed by atoms with Crippen molar-refractivity contribution in [3.05, 3.63) is 34.9 Å². The monoisotopic (exact) mass is 388 g/mol. The van der Waals surface area contributed by atoms with Gasteiger partial charge in [0.25, 0.3) is 0 Å². The van der Waals surface area contributed by atoms with Crippen molar-refractivity contribution in [2.24, 2.45) is 0 Å².